The molecule has 0 bridgehead atoms. The number of alkyl halides is 3. The Bertz CT molecular complexity index is 741. The number of hydrogen-bond donors (Lipinski definition) is 0. The van der Waals surface area contributed by atoms with Gasteiger partial charge in [0.1, 0.15) is 6.61 Å². The number of amides is 1. The zero-order chi connectivity index (χ0) is 18.6. The highest BCUT2D eigenvalue weighted by Crippen LogP contribution is 2.17. The first kappa shape index (κ1) is 19.0. The van der Waals surface area contributed by atoms with Crippen molar-refractivity contribution in [2.75, 3.05) is 13.7 Å². The van der Waals surface area contributed by atoms with Crippen molar-refractivity contribution in [2.24, 2.45) is 7.05 Å². The van der Waals surface area contributed by atoms with E-state index in [0.717, 1.165) is 11.3 Å². The Kier molecular flexibility index (Phi) is 5.84. The van der Waals surface area contributed by atoms with Gasteiger partial charge in [0.05, 0.1) is 12.8 Å². The van der Waals surface area contributed by atoms with Crippen molar-refractivity contribution >= 4 is 5.91 Å². The quantitative estimate of drug-likeness (QED) is 0.800. The molecule has 1 heterocycles. The van der Waals surface area contributed by atoms with Gasteiger partial charge < -0.3 is 9.64 Å². The molecule has 1 amide bonds. The van der Waals surface area contributed by atoms with E-state index < -0.39 is 12.8 Å². The van der Waals surface area contributed by atoms with Crippen LogP contribution in [0.3, 0.4) is 0 Å². The Balaban J connectivity index is 2.01. The number of halogens is 3. The second-order valence-electron chi connectivity index (χ2n) is 5.85. The molecule has 0 fully saturated rings. The summed E-state index contributed by atoms with van der Waals surface area (Å²) in [6.07, 6.45) is -2.66. The Morgan fingerprint density at radius 2 is 2.08 bits per heavy atom. The molecule has 25 heavy (non-hydrogen) atoms. The summed E-state index contributed by atoms with van der Waals surface area (Å²) in [6.45, 7) is 0.796. The van der Waals surface area contributed by atoms with Crippen LogP contribution in [-0.2, 0) is 24.9 Å². The van der Waals surface area contributed by atoms with Crippen LogP contribution in [0.5, 0.6) is 0 Å². The van der Waals surface area contributed by atoms with E-state index >= 15 is 0 Å². The normalized spacial score (nSPS) is 11.6. The van der Waals surface area contributed by atoms with Crippen LogP contribution in [0.15, 0.2) is 30.5 Å². The van der Waals surface area contributed by atoms with Gasteiger partial charge in [0.2, 0.25) is 0 Å². The van der Waals surface area contributed by atoms with Crippen molar-refractivity contribution in [3.05, 3.63) is 52.8 Å². The zero-order valence-electron chi connectivity index (χ0n) is 14.3. The van der Waals surface area contributed by atoms with Crippen LogP contribution in [0, 0.1) is 6.92 Å². The Hall–Kier alpha value is -2.35. The fraction of sp³-hybridized carbons (Fsp3) is 0.412. The predicted octanol–water partition coefficient (Wildman–Crippen LogP) is 3.08. The van der Waals surface area contributed by atoms with Gasteiger partial charge in [-0.15, -0.1) is 0 Å². The Morgan fingerprint density at radius 3 is 2.68 bits per heavy atom. The van der Waals surface area contributed by atoms with Gasteiger partial charge >= 0.3 is 6.18 Å². The van der Waals surface area contributed by atoms with E-state index in [2.05, 4.69) is 9.84 Å². The van der Waals surface area contributed by atoms with Gasteiger partial charge in [0, 0.05) is 37.5 Å². The smallest absolute Gasteiger partial charge is 0.367 e. The Labute approximate surface area is 144 Å². The van der Waals surface area contributed by atoms with Gasteiger partial charge in [-0.2, -0.15) is 18.3 Å². The van der Waals surface area contributed by atoms with E-state index in [9.17, 15) is 18.0 Å². The summed E-state index contributed by atoms with van der Waals surface area (Å²) in [7, 11) is 3.49. The monoisotopic (exact) mass is 355 g/mol. The van der Waals surface area contributed by atoms with Crippen LogP contribution in [0.4, 0.5) is 13.2 Å². The first-order valence-corrected chi connectivity index (χ1v) is 7.64. The third-order valence-electron chi connectivity index (χ3n) is 3.80. The van der Waals surface area contributed by atoms with E-state index in [1.807, 2.05) is 14.0 Å². The first-order chi connectivity index (χ1) is 11.7. The topological polar surface area (TPSA) is 47.4 Å². The molecule has 0 N–H and O–H groups in total. The second-order valence-corrected chi connectivity index (χ2v) is 5.85. The maximum atomic E-state index is 12.5. The molecule has 2 rings (SSSR count). The van der Waals surface area contributed by atoms with E-state index in [1.165, 1.54) is 0 Å². The molecular weight excluding hydrogens is 335 g/mol. The van der Waals surface area contributed by atoms with Gasteiger partial charge in [-0.3, -0.25) is 9.48 Å². The highest BCUT2D eigenvalue weighted by molar-refractivity contribution is 5.94. The summed E-state index contributed by atoms with van der Waals surface area (Å²) < 4.78 is 42.7. The van der Waals surface area contributed by atoms with Crippen LogP contribution in [0.1, 0.15) is 27.2 Å². The number of carbonyl (C=O) groups excluding carboxylic acids is 1. The lowest BCUT2D eigenvalue weighted by molar-refractivity contribution is -0.176. The van der Waals surface area contributed by atoms with Crippen molar-refractivity contribution in [1.82, 2.24) is 14.7 Å². The number of rotatable bonds is 6. The fourth-order valence-corrected chi connectivity index (χ4v) is 2.33. The van der Waals surface area contributed by atoms with Crippen molar-refractivity contribution in [1.29, 1.82) is 0 Å². The summed E-state index contributed by atoms with van der Waals surface area (Å²) in [6, 6.07) is 6.43. The lowest BCUT2D eigenvalue weighted by Crippen LogP contribution is -2.26. The molecule has 0 saturated carbocycles. The number of carbonyl (C=O) groups is 1. The fourth-order valence-electron chi connectivity index (χ4n) is 2.33. The van der Waals surface area contributed by atoms with E-state index in [4.69, 9.17) is 0 Å². The van der Waals surface area contributed by atoms with Gasteiger partial charge in [-0.25, -0.2) is 0 Å². The SMILES string of the molecule is Cc1c(CN(C)C(=O)c2cccc(COCC(F)(F)F)c2)cnn1C. The molecule has 136 valence electrons. The molecule has 1 aromatic heterocycles. The van der Waals surface area contributed by atoms with Gasteiger partial charge in [0.25, 0.3) is 5.91 Å². The molecule has 0 aliphatic heterocycles. The van der Waals surface area contributed by atoms with E-state index in [0.29, 0.717) is 17.7 Å². The maximum absolute atomic E-state index is 12.5. The number of hydrogen-bond acceptors (Lipinski definition) is 3. The minimum Gasteiger partial charge on any atom is -0.367 e. The van der Waals surface area contributed by atoms with E-state index in [-0.39, 0.29) is 12.5 Å². The van der Waals surface area contributed by atoms with Crippen LogP contribution in [0.2, 0.25) is 0 Å². The first-order valence-electron chi connectivity index (χ1n) is 7.64. The predicted molar refractivity (Wildman–Crippen MR) is 85.9 cm³/mol. The standard InChI is InChI=1S/C17H20F3N3O2/c1-12-15(8-21-23(12)3)9-22(2)16(24)14-6-4-5-13(7-14)10-25-11-17(18,19)20/h4-8H,9-11H2,1-3H3. The van der Waals surface area contributed by atoms with Gasteiger partial charge in [-0.1, -0.05) is 12.1 Å². The number of nitrogens with zero attached hydrogens (tertiary/aromatic N) is 3. The van der Waals surface area contributed by atoms with Crippen LogP contribution in [0.25, 0.3) is 0 Å². The molecule has 5 nitrogen and oxygen atoms in total. The zero-order valence-corrected chi connectivity index (χ0v) is 14.3. The minimum atomic E-state index is -4.37. The molecular formula is C17H20F3N3O2. The lowest BCUT2D eigenvalue weighted by Gasteiger charge is -2.17. The second kappa shape index (κ2) is 7.69. The maximum Gasteiger partial charge on any atom is 0.411 e. The van der Waals surface area contributed by atoms with Crippen molar-refractivity contribution in [2.45, 2.75) is 26.3 Å². The summed E-state index contributed by atoms with van der Waals surface area (Å²) in [5.41, 5.74) is 2.81. The third kappa shape index (κ3) is 5.32. The third-order valence-corrected chi connectivity index (χ3v) is 3.80. The van der Waals surface area contributed by atoms with Crippen molar-refractivity contribution in [3.63, 3.8) is 0 Å². The molecule has 0 unspecified atom stereocenters. The molecule has 0 saturated heterocycles. The highest BCUT2D eigenvalue weighted by Gasteiger charge is 2.27. The number of aromatic nitrogens is 2. The van der Waals surface area contributed by atoms with Crippen molar-refractivity contribution < 1.29 is 22.7 Å². The Morgan fingerprint density at radius 1 is 1.36 bits per heavy atom. The molecule has 0 aliphatic rings. The number of benzene rings is 1. The highest BCUT2D eigenvalue weighted by atomic mass is 19.4. The molecule has 0 radical (unpaired) electrons. The average molecular weight is 355 g/mol. The molecule has 0 spiro atoms. The van der Waals surface area contributed by atoms with E-state index in [1.54, 1.807) is 47.1 Å². The largest absolute Gasteiger partial charge is 0.411 e. The molecule has 1 aromatic carbocycles. The van der Waals surface area contributed by atoms with Gasteiger partial charge in [0.15, 0.2) is 0 Å². The van der Waals surface area contributed by atoms with Gasteiger partial charge in [-0.05, 0) is 24.6 Å². The van der Waals surface area contributed by atoms with Crippen molar-refractivity contribution in [3.8, 4) is 0 Å². The molecule has 0 atom stereocenters. The molecule has 8 heteroatoms. The average Bonchev–Trinajstić information content (AvgIpc) is 2.85. The van der Waals surface area contributed by atoms with Crippen LogP contribution >= 0.6 is 0 Å². The summed E-state index contributed by atoms with van der Waals surface area (Å²) >= 11 is 0. The van der Waals surface area contributed by atoms with Crippen LogP contribution in [-0.4, -0.2) is 40.4 Å². The summed E-state index contributed by atoms with van der Waals surface area (Å²) in [5, 5.41) is 4.14. The number of ether oxygens (including phenoxy) is 1. The molecule has 0 aliphatic carbocycles. The lowest BCUT2D eigenvalue weighted by atomic mass is 10.1. The van der Waals surface area contributed by atoms with Crippen LogP contribution < -0.4 is 0 Å². The summed E-state index contributed by atoms with van der Waals surface area (Å²) in [4.78, 5) is 14.1. The summed E-state index contributed by atoms with van der Waals surface area (Å²) in [5.74, 6) is -0.221. The minimum absolute atomic E-state index is 0.202. The molecule has 2 aromatic rings. The number of aryl methyl sites for hydroxylation is 1.